The topological polar surface area (TPSA) is 46.5 Å². The molecule has 3 heteroatoms. The highest BCUT2D eigenvalue weighted by Crippen LogP contribution is 2.37. The summed E-state index contributed by atoms with van der Waals surface area (Å²) >= 11 is 0. The third-order valence-electron chi connectivity index (χ3n) is 5.24. The summed E-state index contributed by atoms with van der Waals surface area (Å²) in [4.78, 5) is 12.1. The molecule has 0 aromatic heterocycles. The number of allylic oxidation sites excluding steroid dienone is 2. The second-order valence-electron chi connectivity index (χ2n) is 7.43. The number of hydrogen-bond donors (Lipinski definition) is 1. The molecule has 0 saturated heterocycles. The monoisotopic (exact) mass is 370 g/mol. The van der Waals surface area contributed by atoms with Crippen molar-refractivity contribution in [2.45, 2.75) is 76.7 Å². The van der Waals surface area contributed by atoms with Gasteiger partial charge in [-0.1, -0.05) is 87.9 Å². The Morgan fingerprint density at radius 3 is 2.41 bits per heavy atom. The second-order valence-corrected chi connectivity index (χ2v) is 7.43. The number of ether oxygens (including phenoxy) is 1. The van der Waals surface area contributed by atoms with E-state index in [9.17, 15) is 9.90 Å². The molecular formula is C24H34O3. The minimum Gasteiger partial charge on any atom is -0.479 e. The van der Waals surface area contributed by atoms with Gasteiger partial charge in [0, 0.05) is 12.5 Å². The van der Waals surface area contributed by atoms with Crippen LogP contribution in [0.2, 0.25) is 0 Å². The average molecular weight is 371 g/mol. The maximum Gasteiger partial charge on any atom is 0.344 e. The SMILES string of the molecule is CCCCCCC1=CC(OCCCCC)(C(=O)O)C=CC1c1ccccc1. The van der Waals surface area contributed by atoms with Crippen LogP contribution in [0.25, 0.3) is 0 Å². The molecule has 1 aromatic carbocycles. The van der Waals surface area contributed by atoms with Gasteiger partial charge in [0.15, 0.2) is 0 Å². The van der Waals surface area contributed by atoms with E-state index in [1.807, 2.05) is 30.4 Å². The molecule has 0 aliphatic heterocycles. The first-order valence-corrected chi connectivity index (χ1v) is 10.5. The number of carboxylic acid groups (broad SMARTS) is 1. The number of rotatable bonds is 12. The predicted molar refractivity (Wildman–Crippen MR) is 111 cm³/mol. The number of unbranched alkanes of at least 4 members (excludes halogenated alkanes) is 5. The van der Waals surface area contributed by atoms with E-state index >= 15 is 0 Å². The molecule has 0 bridgehead atoms. The van der Waals surface area contributed by atoms with Crippen molar-refractivity contribution in [2.75, 3.05) is 6.61 Å². The first-order chi connectivity index (χ1) is 13.1. The van der Waals surface area contributed by atoms with Gasteiger partial charge in [0.05, 0.1) is 0 Å². The second kappa shape index (κ2) is 11.1. The maximum absolute atomic E-state index is 12.1. The summed E-state index contributed by atoms with van der Waals surface area (Å²) in [5, 5.41) is 9.91. The molecule has 2 rings (SSSR count). The summed E-state index contributed by atoms with van der Waals surface area (Å²) in [6.07, 6.45) is 14.3. The Labute approximate surface area is 164 Å². The van der Waals surface area contributed by atoms with Gasteiger partial charge in [-0.05, 0) is 37.0 Å². The highest BCUT2D eigenvalue weighted by molar-refractivity contribution is 5.84. The lowest BCUT2D eigenvalue weighted by Gasteiger charge is -2.31. The van der Waals surface area contributed by atoms with Gasteiger partial charge in [-0.2, -0.15) is 0 Å². The molecule has 1 aliphatic carbocycles. The number of carboxylic acids is 1. The molecule has 1 aliphatic rings. The first-order valence-electron chi connectivity index (χ1n) is 10.5. The number of carbonyl (C=O) groups is 1. The van der Waals surface area contributed by atoms with Crippen LogP contribution in [-0.4, -0.2) is 23.3 Å². The normalized spacial score (nSPS) is 21.9. The number of aliphatic carboxylic acids is 1. The van der Waals surface area contributed by atoms with Crippen molar-refractivity contribution in [1.29, 1.82) is 0 Å². The average Bonchev–Trinajstić information content (AvgIpc) is 2.69. The summed E-state index contributed by atoms with van der Waals surface area (Å²) in [5.74, 6) is -0.785. The molecule has 0 saturated carbocycles. The molecule has 0 amide bonds. The Morgan fingerprint density at radius 2 is 1.74 bits per heavy atom. The lowest BCUT2D eigenvalue weighted by atomic mass is 9.79. The highest BCUT2D eigenvalue weighted by Gasteiger charge is 2.38. The highest BCUT2D eigenvalue weighted by atomic mass is 16.5. The lowest BCUT2D eigenvalue weighted by molar-refractivity contribution is -0.154. The van der Waals surface area contributed by atoms with Crippen LogP contribution in [0.3, 0.4) is 0 Å². The van der Waals surface area contributed by atoms with E-state index in [0.29, 0.717) is 6.61 Å². The van der Waals surface area contributed by atoms with Crippen LogP contribution in [-0.2, 0) is 9.53 Å². The molecule has 1 aromatic rings. The Bertz CT molecular complexity index is 632. The summed E-state index contributed by atoms with van der Waals surface area (Å²) in [6, 6.07) is 10.3. The summed E-state index contributed by atoms with van der Waals surface area (Å²) in [5.41, 5.74) is 1.05. The molecule has 2 atom stereocenters. The van der Waals surface area contributed by atoms with Gasteiger partial charge in [0.25, 0.3) is 0 Å². The quantitative estimate of drug-likeness (QED) is 0.348. The van der Waals surface area contributed by atoms with E-state index in [4.69, 9.17) is 4.74 Å². The third kappa shape index (κ3) is 6.07. The van der Waals surface area contributed by atoms with Crippen molar-refractivity contribution in [2.24, 2.45) is 0 Å². The van der Waals surface area contributed by atoms with Gasteiger partial charge in [0.2, 0.25) is 5.60 Å². The minimum absolute atomic E-state index is 0.138. The van der Waals surface area contributed by atoms with E-state index in [-0.39, 0.29) is 5.92 Å². The van der Waals surface area contributed by atoms with Crippen molar-refractivity contribution in [3.63, 3.8) is 0 Å². The smallest absolute Gasteiger partial charge is 0.344 e. The van der Waals surface area contributed by atoms with E-state index in [0.717, 1.165) is 37.7 Å². The van der Waals surface area contributed by atoms with Gasteiger partial charge in [0.1, 0.15) is 0 Å². The van der Waals surface area contributed by atoms with Crippen molar-refractivity contribution in [3.05, 3.63) is 59.7 Å². The third-order valence-corrected chi connectivity index (χ3v) is 5.24. The van der Waals surface area contributed by atoms with Crippen LogP contribution in [0.5, 0.6) is 0 Å². The minimum atomic E-state index is -1.32. The van der Waals surface area contributed by atoms with E-state index < -0.39 is 11.6 Å². The molecule has 0 heterocycles. The zero-order chi connectivity index (χ0) is 19.5. The van der Waals surface area contributed by atoms with Gasteiger partial charge in [-0.25, -0.2) is 4.79 Å². The molecular weight excluding hydrogens is 336 g/mol. The van der Waals surface area contributed by atoms with Crippen molar-refractivity contribution < 1.29 is 14.6 Å². The first kappa shape index (κ1) is 21.4. The van der Waals surface area contributed by atoms with Crippen LogP contribution in [0, 0.1) is 0 Å². The fourth-order valence-corrected chi connectivity index (χ4v) is 3.62. The van der Waals surface area contributed by atoms with Crippen molar-refractivity contribution in [3.8, 4) is 0 Å². The van der Waals surface area contributed by atoms with Crippen molar-refractivity contribution >= 4 is 5.97 Å². The largest absolute Gasteiger partial charge is 0.479 e. The molecule has 2 unspecified atom stereocenters. The van der Waals surface area contributed by atoms with E-state index in [1.165, 1.54) is 24.8 Å². The van der Waals surface area contributed by atoms with Gasteiger partial charge in [-0.15, -0.1) is 0 Å². The van der Waals surface area contributed by atoms with Crippen LogP contribution >= 0.6 is 0 Å². The van der Waals surface area contributed by atoms with E-state index in [2.05, 4.69) is 26.0 Å². The summed E-state index contributed by atoms with van der Waals surface area (Å²) in [7, 11) is 0. The Kier molecular flexibility index (Phi) is 8.80. The zero-order valence-electron chi connectivity index (χ0n) is 16.8. The van der Waals surface area contributed by atoms with Crippen LogP contribution in [0.1, 0.15) is 76.7 Å². The molecule has 0 spiro atoms. The Balaban J connectivity index is 2.22. The number of benzene rings is 1. The maximum atomic E-state index is 12.1. The molecule has 0 radical (unpaired) electrons. The molecule has 3 nitrogen and oxygen atoms in total. The van der Waals surface area contributed by atoms with Gasteiger partial charge >= 0.3 is 5.97 Å². The fourth-order valence-electron chi connectivity index (χ4n) is 3.62. The Morgan fingerprint density at radius 1 is 1.04 bits per heavy atom. The molecule has 0 fully saturated rings. The lowest BCUT2D eigenvalue weighted by Crippen LogP contribution is -2.40. The zero-order valence-corrected chi connectivity index (χ0v) is 16.8. The summed E-state index contributed by atoms with van der Waals surface area (Å²) < 4.78 is 5.91. The predicted octanol–water partition coefficient (Wildman–Crippen LogP) is 6.27. The standard InChI is InChI=1S/C24H34O3/c1-3-5-7-9-15-21-19-24(23(25)26,27-18-12-6-4-2)17-16-22(21)20-13-10-8-11-14-20/h8,10-11,13-14,16-17,19,22H,3-7,9,12,15,18H2,1-2H3,(H,25,26). The fraction of sp³-hybridized carbons (Fsp3) is 0.542. The van der Waals surface area contributed by atoms with Crippen molar-refractivity contribution in [1.82, 2.24) is 0 Å². The molecule has 148 valence electrons. The number of hydrogen-bond acceptors (Lipinski definition) is 2. The van der Waals surface area contributed by atoms with Crippen LogP contribution in [0.4, 0.5) is 0 Å². The molecule has 27 heavy (non-hydrogen) atoms. The van der Waals surface area contributed by atoms with E-state index in [1.54, 1.807) is 6.08 Å². The summed E-state index contributed by atoms with van der Waals surface area (Å²) in [6.45, 7) is 4.81. The van der Waals surface area contributed by atoms with Crippen LogP contribution in [0.15, 0.2) is 54.1 Å². The van der Waals surface area contributed by atoms with Crippen LogP contribution < -0.4 is 0 Å². The Hall–Kier alpha value is -1.87. The van der Waals surface area contributed by atoms with Gasteiger partial charge in [-0.3, -0.25) is 0 Å². The van der Waals surface area contributed by atoms with Gasteiger partial charge < -0.3 is 9.84 Å². The molecule has 1 N–H and O–H groups in total.